The summed E-state index contributed by atoms with van der Waals surface area (Å²) in [5.41, 5.74) is 0. The predicted molar refractivity (Wildman–Crippen MR) is 264 cm³/mol. The molecule has 0 bridgehead atoms. The molecule has 0 aliphatic rings. The van der Waals surface area contributed by atoms with Crippen molar-refractivity contribution < 1.29 is 38.2 Å². The Morgan fingerprint density at radius 2 is 0.825 bits per heavy atom. The van der Waals surface area contributed by atoms with Gasteiger partial charge in [0.25, 0.3) is 0 Å². The van der Waals surface area contributed by atoms with Crippen molar-refractivity contribution in [2.45, 2.75) is 270 Å². The average molecular weight is 890 g/mol. The van der Waals surface area contributed by atoms with Crippen LogP contribution in [0.15, 0.2) is 24.3 Å². The first kappa shape index (κ1) is 60.8. The van der Waals surface area contributed by atoms with Gasteiger partial charge in [0, 0.05) is 19.3 Å². The van der Waals surface area contributed by atoms with Gasteiger partial charge in [-0.25, -0.2) is 0 Å². The molecule has 0 aromatic rings. The van der Waals surface area contributed by atoms with E-state index in [1.807, 2.05) is 21.1 Å². The summed E-state index contributed by atoms with van der Waals surface area (Å²) >= 11 is 0. The Bertz CT molecular complexity index is 1080. The molecule has 2 unspecified atom stereocenters. The summed E-state index contributed by atoms with van der Waals surface area (Å²) in [4.78, 5) is 37.1. The Morgan fingerprint density at radius 3 is 1.22 bits per heavy atom. The number of hydrogen-bond donors (Lipinski definition) is 0. The van der Waals surface area contributed by atoms with Crippen molar-refractivity contribution in [3.05, 3.63) is 24.3 Å². The van der Waals surface area contributed by atoms with E-state index < -0.39 is 18.1 Å². The summed E-state index contributed by atoms with van der Waals surface area (Å²) in [6, 6.07) is -0.724. The van der Waals surface area contributed by atoms with E-state index >= 15 is 0 Å². The quantitative estimate of drug-likeness (QED) is 0.0259. The van der Waals surface area contributed by atoms with Crippen LogP contribution in [0.1, 0.15) is 258 Å². The van der Waals surface area contributed by atoms with E-state index in [2.05, 4.69) is 38.2 Å². The third-order valence-electron chi connectivity index (χ3n) is 12.4. The number of quaternary nitrogens is 1. The summed E-state index contributed by atoms with van der Waals surface area (Å²) in [7, 11) is 5.43. The second-order valence-electron chi connectivity index (χ2n) is 19.5. The van der Waals surface area contributed by atoms with Crippen LogP contribution in [0.5, 0.6) is 0 Å². The fraction of sp³-hybridized carbons (Fsp3) is 0.873. The van der Waals surface area contributed by atoms with Crippen LogP contribution in [-0.4, -0.2) is 75.5 Å². The number of likely N-dealkylation sites (N-methyl/N-ethyl adjacent to an activating group) is 1. The van der Waals surface area contributed by atoms with E-state index in [-0.39, 0.29) is 42.7 Å². The number of nitrogens with zero attached hydrogens (tertiary/aromatic N) is 1. The number of hydrogen-bond acceptors (Lipinski definition) is 7. The Hall–Kier alpha value is -2.19. The third-order valence-corrected chi connectivity index (χ3v) is 12.4. The third kappa shape index (κ3) is 44.8. The Labute approximate surface area is 390 Å². The highest BCUT2D eigenvalue weighted by Crippen LogP contribution is 2.17. The number of carboxylic acids is 1. The van der Waals surface area contributed by atoms with Gasteiger partial charge >= 0.3 is 11.9 Å². The van der Waals surface area contributed by atoms with Gasteiger partial charge in [-0.05, 0) is 38.5 Å². The molecule has 8 nitrogen and oxygen atoms in total. The first-order valence-electron chi connectivity index (χ1n) is 26.9. The largest absolute Gasteiger partial charge is 0.544 e. The standard InChI is InChI=1S/C55H103NO7/c1-6-8-10-12-14-16-18-20-22-24-26-28-29-31-33-35-37-39-41-43-45-53(57)62-50-51(49-61-48-47-52(55(59)60)56(3,4)5)63-54(58)46-44-42-40-38-36-34-32-30-27-25-23-21-19-17-15-13-11-9-7-2/h15,17,19,21,51-52H,6-14,16,18,20,22-50H2,1-5H3/b17-15+,21-19+. The first-order valence-corrected chi connectivity index (χ1v) is 26.9. The fourth-order valence-electron chi connectivity index (χ4n) is 8.18. The number of ether oxygens (including phenoxy) is 3. The molecule has 0 radical (unpaired) electrons. The maximum atomic E-state index is 12.8. The van der Waals surface area contributed by atoms with Gasteiger partial charge in [0.2, 0.25) is 0 Å². The number of esters is 2. The highest BCUT2D eigenvalue weighted by molar-refractivity contribution is 5.70. The number of unbranched alkanes of at least 4 members (excludes halogenated alkanes) is 32. The SMILES string of the molecule is CCCCC/C=C/C=C/CCCCCCCCCCCCC(=O)OC(COCCC(C(=O)[O-])[N+](C)(C)C)COC(=O)CCCCCCCCCCCCCCCCCCCCCC. The number of carboxylic acid groups (broad SMARTS) is 1. The summed E-state index contributed by atoms with van der Waals surface area (Å²) in [5, 5.41) is 11.7. The summed E-state index contributed by atoms with van der Waals surface area (Å²) in [6.45, 7) is 4.68. The Balaban J connectivity index is 4.18. The van der Waals surface area contributed by atoms with E-state index in [0.717, 1.165) is 38.5 Å². The van der Waals surface area contributed by atoms with E-state index in [9.17, 15) is 19.5 Å². The first-order chi connectivity index (χ1) is 30.6. The van der Waals surface area contributed by atoms with E-state index in [1.165, 1.54) is 186 Å². The molecule has 0 aromatic carbocycles. The van der Waals surface area contributed by atoms with Crippen molar-refractivity contribution in [1.82, 2.24) is 0 Å². The number of carbonyl (C=O) groups is 3. The molecule has 0 N–H and O–H groups in total. The zero-order valence-electron chi connectivity index (χ0n) is 42.3. The molecule has 0 aliphatic heterocycles. The molecule has 0 rings (SSSR count). The van der Waals surface area contributed by atoms with Crippen LogP contribution >= 0.6 is 0 Å². The van der Waals surface area contributed by atoms with E-state index in [1.54, 1.807) is 0 Å². The van der Waals surface area contributed by atoms with Gasteiger partial charge in [0.15, 0.2) is 6.10 Å². The lowest BCUT2D eigenvalue weighted by atomic mass is 10.0. The molecule has 8 heteroatoms. The molecule has 0 heterocycles. The minimum Gasteiger partial charge on any atom is -0.544 e. The average Bonchev–Trinajstić information content (AvgIpc) is 3.24. The van der Waals surface area contributed by atoms with Crippen LogP contribution in [-0.2, 0) is 28.6 Å². The lowest BCUT2D eigenvalue weighted by Crippen LogP contribution is -2.55. The summed E-state index contributed by atoms with van der Waals surface area (Å²) in [6.07, 6.45) is 53.5. The van der Waals surface area contributed by atoms with Gasteiger partial charge < -0.3 is 28.6 Å². The number of carbonyl (C=O) groups excluding carboxylic acids is 3. The molecule has 0 aromatic heterocycles. The summed E-state index contributed by atoms with van der Waals surface area (Å²) < 4.78 is 17.3. The predicted octanol–water partition coefficient (Wildman–Crippen LogP) is 14.3. The smallest absolute Gasteiger partial charge is 0.306 e. The van der Waals surface area contributed by atoms with Crippen molar-refractivity contribution in [2.24, 2.45) is 0 Å². The van der Waals surface area contributed by atoms with E-state index in [4.69, 9.17) is 14.2 Å². The van der Waals surface area contributed by atoms with Gasteiger partial charge in [-0.15, -0.1) is 0 Å². The van der Waals surface area contributed by atoms with Crippen molar-refractivity contribution in [3.63, 3.8) is 0 Å². The van der Waals surface area contributed by atoms with Gasteiger partial charge in [0.05, 0.1) is 40.3 Å². The van der Waals surface area contributed by atoms with Crippen molar-refractivity contribution in [3.8, 4) is 0 Å². The van der Waals surface area contributed by atoms with Crippen molar-refractivity contribution >= 4 is 17.9 Å². The zero-order chi connectivity index (χ0) is 46.3. The maximum absolute atomic E-state index is 12.8. The highest BCUT2D eigenvalue weighted by Gasteiger charge is 2.25. The second kappa shape index (κ2) is 46.3. The number of allylic oxidation sites excluding steroid dienone is 4. The minimum atomic E-state index is -1.12. The lowest BCUT2D eigenvalue weighted by Gasteiger charge is -2.34. The molecule has 2 atom stereocenters. The van der Waals surface area contributed by atoms with Crippen molar-refractivity contribution in [1.29, 1.82) is 0 Å². The van der Waals surface area contributed by atoms with Gasteiger partial charge in [0.1, 0.15) is 12.6 Å². The van der Waals surface area contributed by atoms with Gasteiger partial charge in [-0.2, -0.15) is 0 Å². The van der Waals surface area contributed by atoms with Gasteiger partial charge in [-0.3, -0.25) is 9.59 Å². The lowest BCUT2D eigenvalue weighted by molar-refractivity contribution is -0.889. The highest BCUT2D eigenvalue weighted by atomic mass is 16.6. The van der Waals surface area contributed by atoms with Crippen LogP contribution in [0.3, 0.4) is 0 Å². The Morgan fingerprint density at radius 1 is 0.476 bits per heavy atom. The number of aliphatic carboxylic acids is 1. The molecule has 0 spiro atoms. The molecule has 0 saturated heterocycles. The van der Waals surface area contributed by atoms with Crippen LogP contribution in [0.2, 0.25) is 0 Å². The molecule has 0 amide bonds. The molecule has 0 saturated carbocycles. The van der Waals surface area contributed by atoms with Crippen LogP contribution in [0.4, 0.5) is 0 Å². The molecule has 0 aliphatic carbocycles. The zero-order valence-corrected chi connectivity index (χ0v) is 42.3. The molecule has 370 valence electrons. The molecule has 0 fully saturated rings. The normalized spacial score (nSPS) is 13.0. The monoisotopic (exact) mass is 890 g/mol. The molecular formula is C55H103NO7. The molecular weight excluding hydrogens is 787 g/mol. The van der Waals surface area contributed by atoms with Gasteiger partial charge in [-0.1, -0.05) is 224 Å². The van der Waals surface area contributed by atoms with E-state index in [0.29, 0.717) is 12.8 Å². The van der Waals surface area contributed by atoms with Crippen LogP contribution in [0.25, 0.3) is 0 Å². The number of rotatable bonds is 49. The minimum absolute atomic E-state index is 0.0441. The maximum Gasteiger partial charge on any atom is 0.306 e. The summed E-state index contributed by atoms with van der Waals surface area (Å²) in [5.74, 6) is -1.72. The second-order valence-corrected chi connectivity index (χ2v) is 19.5. The topological polar surface area (TPSA) is 102 Å². The van der Waals surface area contributed by atoms with Crippen molar-refractivity contribution in [2.75, 3.05) is 41.0 Å². The Kier molecular flexibility index (Phi) is 44.7. The van der Waals surface area contributed by atoms with Crippen LogP contribution < -0.4 is 5.11 Å². The fourth-order valence-corrected chi connectivity index (χ4v) is 8.18. The van der Waals surface area contributed by atoms with Crippen LogP contribution in [0, 0.1) is 0 Å². The molecule has 63 heavy (non-hydrogen) atoms.